The van der Waals surface area contributed by atoms with Gasteiger partial charge in [-0.2, -0.15) is 0 Å². The van der Waals surface area contributed by atoms with Crippen molar-refractivity contribution >= 4 is 17.3 Å². The maximum atomic E-state index is 13.4. The molecule has 0 unspecified atom stereocenters. The highest BCUT2D eigenvalue weighted by atomic mass is 32.1. The third kappa shape index (κ3) is 3.53. The minimum Gasteiger partial charge on any atom is -0.352 e. The number of nitrogens with one attached hydrogen (secondary N) is 1. The number of aryl methyl sites for hydroxylation is 1. The fourth-order valence-corrected chi connectivity index (χ4v) is 4.63. The Morgan fingerprint density at radius 3 is 2.55 bits per heavy atom. The second-order valence-corrected chi connectivity index (χ2v) is 7.84. The molecule has 1 saturated heterocycles. The number of halogens is 1. The predicted molar refractivity (Wildman–Crippen MR) is 118 cm³/mol. The van der Waals surface area contributed by atoms with E-state index in [9.17, 15) is 4.39 Å². The topological polar surface area (TPSA) is 33.1 Å². The fraction of sp³-hybridized carbons (Fsp3) is 0.304. The van der Waals surface area contributed by atoms with Gasteiger partial charge in [0, 0.05) is 29.8 Å². The van der Waals surface area contributed by atoms with Crippen molar-refractivity contribution in [2.45, 2.75) is 39.3 Å². The zero-order valence-corrected chi connectivity index (χ0v) is 17.7. The van der Waals surface area contributed by atoms with Crippen molar-refractivity contribution in [3.05, 3.63) is 83.2 Å². The third-order valence-corrected chi connectivity index (χ3v) is 5.89. The normalized spacial score (nSPS) is 18.9. The Labute approximate surface area is 176 Å². The van der Waals surface area contributed by atoms with E-state index in [-0.39, 0.29) is 17.9 Å². The molecular weight excluding hydrogens is 383 g/mol. The van der Waals surface area contributed by atoms with Crippen LogP contribution in [0, 0.1) is 19.7 Å². The van der Waals surface area contributed by atoms with Crippen LogP contribution >= 0.6 is 12.2 Å². The highest BCUT2D eigenvalue weighted by molar-refractivity contribution is 7.80. The van der Waals surface area contributed by atoms with Crippen molar-refractivity contribution in [1.29, 1.82) is 0 Å². The van der Waals surface area contributed by atoms with E-state index in [1.807, 2.05) is 36.5 Å². The van der Waals surface area contributed by atoms with Crippen molar-refractivity contribution in [2.75, 3.05) is 6.54 Å². The molecule has 1 aliphatic rings. The van der Waals surface area contributed by atoms with Crippen molar-refractivity contribution in [2.24, 2.45) is 0 Å². The van der Waals surface area contributed by atoms with Gasteiger partial charge < -0.3 is 14.8 Å². The van der Waals surface area contributed by atoms with Gasteiger partial charge in [0.05, 0.1) is 17.8 Å². The standard InChI is InChI=1S/C23H25FN4S/c1-4-13-27-22(21(26-23(27)29)20-7-5-6-12-25-20)19-14-15(2)28(16(19)3)18-10-8-17(24)9-11-18/h5-12,14,21-22H,4,13H2,1-3H3,(H,26,29)/t21-,22-/m1/s1. The summed E-state index contributed by atoms with van der Waals surface area (Å²) in [5.41, 5.74) is 5.39. The molecule has 1 fully saturated rings. The van der Waals surface area contributed by atoms with Crippen molar-refractivity contribution in [3.8, 4) is 5.69 Å². The van der Waals surface area contributed by atoms with E-state index in [4.69, 9.17) is 12.2 Å². The van der Waals surface area contributed by atoms with Crippen LogP contribution in [0.15, 0.2) is 54.7 Å². The number of aromatic nitrogens is 2. The summed E-state index contributed by atoms with van der Waals surface area (Å²) in [6.45, 7) is 7.24. The second-order valence-electron chi connectivity index (χ2n) is 7.46. The number of hydrogen-bond donors (Lipinski definition) is 1. The summed E-state index contributed by atoms with van der Waals surface area (Å²) in [6.07, 6.45) is 2.82. The van der Waals surface area contributed by atoms with Gasteiger partial charge in [0.25, 0.3) is 0 Å². The van der Waals surface area contributed by atoms with Gasteiger partial charge in [-0.05, 0) is 80.5 Å². The number of hydrogen-bond acceptors (Lipinski definition) is 2. The first-order chi connectivity index (χ1) is 14.0. The van der Waals surface area contributed by atoms with Gasteiger partial charge in [-0.15, -0.1) is 0 Å². The smallest absolute Gasteiger partial charge is 0.170 e. The lowest BCUT2D eigenvalue weighted by molar-refractivity contribution is 0.316. The Hall–Kier alpha value is -2.73. The molecule has 2 atom stereocenters. The quantitative estimate of drug-likeness (QED) is 0.602. The Morgan fingerprint density at radius 2 is 1.90 bits per heavy atom. The number of nitrogens with zero attached hydrogens (tertiary/aromatic N) is 3. The van der Waals surface area contributed by atoms with Crippen molar-refractivity contribution in [3.63, 3.8) is 0 Å². The summed E-state index contributed by atoms with van der Waals surface area (Å²) >= 11 is 5.69. The summed E-state index contributed by atoms with van der Waals surface area (Å²) in [7, 11) is 0. The first-order valence-electron chi connectivity index (χ1n) is 9.94. The molecule has 0 radical (unpaired) electrons. The minimum absolute atomic E-state index is 0.0163. The molecule has 4 nitrogen and oxygen atoms in total. The molecule has 150 valence electrons. The van der Waals surface area contributed by atoms with E-state index in [0.29, 0.717) is 0 Å². The fourth-order valence-electron chi connectivity index (χ4n) is 4.30. The summed E-state index contributed by atoms with van der Waals surface area (Å²) in [5, 5.41) is 4.26. The highest BCUT2D eigenvalue weighted by Gasteiger charge is 2.40. The van der Waals surface area contributed by atoms with Crippen LogP contribution in [0.25, 0.3) is 5.69 Å². The Bertz CT molecular complexity index is 1010. The molecule has 6 heteroatoms. The van der Waals surface area contributed by atoms with E-state index in [0.717, 1.165) is 40.8 Å². The molecule has 1 aromatic carbocycles. The van der Waals surface area contributed by atoms with Crippen LogP contribution < -0.4 is 5.32 Å². The van der Waals surface area contributed by atoms with Gasteiger partial charge in [-0.1, -0.05) is 13.0 Å². The molecule has 29 heavy (non-hydrogen) atoms. The molecule has 0 amide bonds. The second kappa shape index (κ2) is 7.95. The van der Waals surface area contributed by atoms with E-state index in [2.05, 4.69) is 46.6 Å². The van der Waals surface area contributed by atoms with E-state index in [1.54, 1.807) is 0 Å². The van der Waals surface area contributed by atoms with Gasteiger partial charge in [-0.3, -0.25) is 4.98 Å². The highest BCUT2D eigenvalue weighted by Crippen LogP contribution is 2.41. The molecule has 3 aromatic rings. The molecule has 3 heterocycles. The molecule has 4 rings (SSSR count). The average molecular weight is 409 g/mol. The molecule has 0 aliphatic carbocycles. The van der Waals surface area contributed by atoms with Crippen LogP contribution in [0.4, 0.5) is 4.39 Å². The van der Waals surface area contributed by atoms with E-state index in [1.165, 1.54) is 17.7 Å². The monoisotopic (exact) mass is 408 g/mol. The zero-order valence-electron chi connectivity index (χ0n) is 16.9. The molecule has 0 bridgehead atoms. The lowest BCUT2D eigenvalue weighted by Gasteiger charge is -2.27. The van der Waals surface area contributed by atoms with Crippen LogP contribution in [0.3, 0.4) is 0 Å². The predicted octanol–water partition coefficient (Wildman–Crippen LogP) is 5.01. The number of thiocarbonyl (C=S) groups is 1. The Kier molecular flexibility index (Phi) is 5.37. The maximum absolute atomic E-state index is 13.4. The minimum atomic E-state index is -0.230. The van der Waals surface area contributed by atoms with Crippen LogP contribution in [-0.4, -0.2) is 26.1 Å². The van der Waals surface area contributed by atoms with Gasteiger partial charge in [0.2, 0.25) is 0 Å². The van der Waals surface area contributed by atoms with Gasteiger partial charge in [0.1, 0.15) is 5.82 Å². The van der Waals surface area contributed by atoms with Crippen molar-refractivity contribution in [1.82, 2.24) is 19.8 Å². The lowest BCUT2D eigenvalue weighted by Crippen LogP contribution is -2.30. The molecule has 0 saturated carbocycles. The van der Waals surface area contributed by atoms with Gasteiger partial charge in [0.15, 0.2) is 5.11 Å². The molecule has 1 N–H and O–H groups in total. The maximum Gasteiger partial charge on any atom is 0.170 e. The van der Waals surface area contributed by atoms with Crippen LogP contribution in [-0.2, 0) is 0 Å². The van der Waals surface area contributed by atoms with E-state index >= 15 is 0 Å². The summed E-state index contributed by atoms with van der Waals surface area (Å²) in [5.74, 6) is -0.230. The summed E-state index contributed by atoms with van der Waals surface area (Å²) in [6, 6.07) is 14.9. The van der Waals surface area contributed by atoms with Crippen LogP contribution in [0.5, 0.6) is 0 Å². The molecule has 1 aliphatic heterocycles. The summed E-state index contributed by atoms with van der Waals surface area (Å²) in [4.78, 5) is 6.86. The lowest BCUT2D eigenvalue weighted by atomic mass is 9.96. The van der Waals surface area contributed by atoms with Crippen molar-refractivity contribution < 1.29 is 4.39 Å². The van der Waals surface area contributed by atoms with Gasteiger partial charge in [-0.25, -0.2) is 4.39 Å². The molecule has 0 spiro atoms. The van der Waals surface area contributed by atoms with Crippen LogP contribution in [0.2, 0.25) is 0 Å². The molecular formula is C23H25FN4S. The Morgan fingerprint density at radius 1 is 1.14 bits per heavy atom. The zero-order chi connectivity index (χ0) is 20.5. The average Bonchev–Trinajstić information content (AvgIpc) is 3.20. The molecule has 2 aromatic heterocycles. The van der Waals surface area contributed by atoms with Crippen LogP contribution in [0.1, 0.15) is 48.1 Å². The SMILES string of the molecule is CCCN1C(=S)N[C@H](c2ccccn2)[C@H]1c1cc(C)n(-c2ccc(F)cc2)c1C. The first kappa shape index (κ1) is 19.6. The number of benzene rings is 1. The third-order valence-electron chi connectivity index (χ3n) is 5.54. The number of pyridine rings is 1. The summed E-state index contributed by atoms with van der Waals surface area (Å²) < 4.78 is 15.6. The Balaban J connectivity index is 1.82. The van der Waals surface area contributed by atoms with E-state index < -0.39 is 0 Å². The first-order valence-corrected chi connectivity index (χ1v) is 10.3. The number of rotatable bonds is 5. The van der Waals surface area contributed by atoms with Gasteiger partial charge >= 0.3 is 0 Å². The largest absolute Gasteiger partial charge is 0.352 e.